The summed E-state index contributed by atoms with van der Waals surface area (Å²) in [7, 11) is 1.58. The van der Waals surface area contributed by atoms with Gasteiger partial charge in [0.05, 0.1) is 37.4 Å². The van der Waals surface area contributed by atoms with Crippen LogP contribution in [0.1, 0.15) is 22.3 Å². The molecule has 0 unspecified atom stereocenters. The molecule has 0 atom stereocenters. The molecule has 1 aliphatic heterocycles. The summed E-state index contributed by atoms with van der Waals surface area (Å²) >= 11 is 0. The summed E-state index contributed by atoms with van der Waals surface area (Å²) < 4.78 is 10.8. The standard InChI is InChI=1S/C29H35N5O4/c1-37-27-10-5-4-9-26(27)32-29(36)34(16-6-15-33-17-19-38-20-18-33)21-22-11-13-23(14-12-22)28(35)31-25-8-3-2-7-24(25)30/h2-5,7-14H,6,15-21,30H2,1H3,(H,31,35)(H,32,36). The van der Waals surface area contributed by atoms with Crippen molar-refractivity contribution < 1.29 is 19.1 Å². The van der Waals surface area contributed by atoms with Crippen LogP contribution in [-0.4, -0.2) is 68.2 Å². The highest BCUT2D eigenvalue weighted by atomic mass is 16.5. The molecule has 3 aromatic rings. The summed E-state index contributed by atoms with van der Waals surface area (Å²) in [6.07, 6.45) is 0.832. The molecule has 1 aliphatic rings. The Bertz CT molecular complexity index is 1210. The molecule has 9 nitrogen and oxygen atoms in total. The number of anilines is 3. The number of methoxy groups -OCH3 is 1. The number of carbonyl (C=O) groups excluding carboxylic acids is 2. The number of nitrogens with two attached hydrogens (primary N) is 1. The summed E-state index contributed by atoms with van der Waals surface area (Å²) in [6.45, 7) is 5.18. The number of nitrogen functional groups attached to an aromatic ring is 1. The zero-order valence-electron chi connectivity index (χ0n) is 21.7. The normalized spacial score (nSPS) is 13.5. The quantitative estimate of drug-likeness (QED) is 0.346. The number of benzene rings is 3. The minimum atomic E-state index is -0.245. The van der Waals surface area contributed by atoms with Gasteiger partial charge in [-0.1, -0.05) is 36.4 Å². The van der Waals surface area contributed by atoms with Gasteiger partial charge in [-0.3, -0.25) is 9.69 Å². The maximum Gasteiger partial charge on any atom is 0.322 e. The van der Waals surface area contributed by atoms with Crippen molar-refractivity contribution >= 4 is 29.0 Å². The van der Waals surface area contributed by atoms with E-state index < -0.39 is 0 Å². The number of hydrogen-bond acceptors (Lipinski definition) is 6. The number of urea groups is 1. The number of nitrogens with zero attached hydrogens (tertiary/aromatic N) is 2. The molecule has 0 spiro atoms. The third-order valence-electron chi connectivity index (χ3n) is 6.44. The monoisotopic (exact) mass is 517 g/mol. The molecule has 4 rings (SSSR count). The molecule has 9 heteroatoms. The molecular formula is C29H35N5O4. The van der Waals surface area contributed by atoms with E-state index in [4.69, 9.17) is 15.2 Å². The molecule has 0 saturated carbocycles. The Morgan fingerprint density at radius 1 is 0.947 bits per heavy atom. The SMILES string of the molecule is COc1ccccc1NC(=O)N(CCCN1CCOCC1)Cc1ccc(C(=O)Nc2ccccc2N)cc1. The van der Waals surface area contributed by atoms with Gasteiger partial charge in [0.25, 0.3) is 5.91 Å². The molecule has 38 heavy (non-hydrogen) atoms. The summed E-state index contributed by atoms with van der Waals surface area (Å²) in [6, 6.07) is 21.5. The minimum absolute atomic E-state index is 0.210. The van der Waals surface area contributed by atoms with E-state index >= 15 is 0 Å². The molecule has 200 valence electrons. The van der Waals surface area contributed by atoms with E-state index in [9.17, 15) is 9.59 Å². The minimum Gasteiger partial charge on any atom is -0.495 e. The van der Waals surface area contributed by atoms with Gasteiger partial charge in [0.1, 0.15) is 5.75 Å². The van der Waals surface area contributed by atoms with E-state index in [1.54, 1.807) is 36.3 Å². The molecule has 1 fully saturated rings. The molecule has 1 saturated heterocycles. The maximum absolute atomic E-state index is 13.3. The fourth-order valence-corrected chi connectivity index (χ4v) is 4.29. The van der Waals surface area contributed by atoms with Crippen molar-refractivity contribution in [2.24, 2.45) is 0 Å². The fraction of sp³-hybridized carbons (Fsp3) is 0.310. The first-order valence-electron chi connectivity index (χ1n) is 12.8. The van der Waals surface area contributed by atoms with Crippen LogP contribution in [0, 0.1) is 0 Å². The highest BCUT2D eigenvalue weighted by Crippen LogP contribution is 2.24. The van der Waals surface area contributed by atoms with Crippen molar-refractivity contribution in [3.05, 3.63) is 83.9 Å². The van der Waals surface area contributed by atoms with Crippen LogP contribution in [-0.2, 0) is 11.3 Å². The largest absolute Gasteiger partial charge is 0.495 e. The zero-order chi connectivity index (χ0) is 26.7. The van der Waals surface area contributed by atoms with Gasteiger partial charge in [-0.2, -0.15) is 0 Å². The molecule has 1 heterocycles. The lowest BCUT2D eigenvalue weighted by Crippen LogP contribution is -2.40. The highest BCUT2D eigenvalue weighted by molar-refractivity contribution is 6.05. The van der Waals surface area contributed by atoms with Gasteiger partial charge in [-0.15, -0.1) is 0 Å². The Morgan fingerprint density at radius 3 is 2.34 bits per heavy atom. The highest BCUT2D eigenvalue weighted by Gasteiger charge is 2.18. The third kappa shape index (κ3) is 7.47. The number of nitrogens with one attached hydrogen (secondary N) is 2. The average molecular weight is 518 g/mol. The van der Waals surface area contributed by atoms with Gasteiger partial charge in [-0.25, -0.2) is 4.79 Å². The van der Waals surface area contributed by atoms with Crippen LogP contribution in [0.15, 0.2) is 72.8 Å². The molecule has 3 aromatic carbocycles. The van der Waals surface area contributed by atoms with Crippen molar-refractivity contribution in [2.75, 3.05) is 62.9 Å². The lowest BCUT2D eigenvalue weighted by molar-refractivity contribution is 0.0365. The number of hydrogen-bond donors (Lipinski definition) is 3. The summed E-state index contributed by atoms with van der Waals surface area (Å²) in [5, 5.41) is 5.82. The van der Waals surface area contributed by atoms with E-state index in [0.29, 0.717) is 41.5 Å². The van der Waals surface area contributed by atoms with E-state index in [2.05, 4.69) is 15.5 Å². The summed E-state index contributed by atoms with van der Waals surface area (Å²) in [5.74, 6) is 0.356. The Balaban J connectivity index is 1.42. The number of carbonyl (C=O) groups is 2. The van der Waals surface area contributed by atoms with Gasteiger partial charge in [0.15, 0.2) is 0 Å². The second-order valence-electron chi connectivity index (χ2n) is 9.10. The number of rotatable bonds is 10. The topological polar surface area (TPSA) is 109 Å². The first-order chi connectivity index (χ1) is 18.5. The van der Waals surface area contributed by atoms with Crippen LogP contribution < -0.4 is 21.1 Å². The van der Waals surface area contributed by atoms with Crippen molar-refractivity contribution in [3.63, 3.8) is 0 Å². The summed E-state index contributed by atoms with van der Waals surface area (Å²) in [5.41, 5.74) is 9.06. The van der Waals surface area contributed by atoms with Crippen LogP contribution >= 0.6 is 0 Å². The predicted octanol–water partition coefficient (Wildman–Crippen LogP) is 4.29. The number of para-hydroxylation sites is 4. The van der Waals surface area contributed by atoms with E-state index in [-0.39, 0.29) is 11.9 Å². The second-order valence-corrected chi connectivity index (χ2v) is 9.10. The van der Waals surface area contributed by atoms with E-state index in [1.807, 2.05) is 48.5 Å². The van der Waals surface area contributed by atoms with Crippen LogP contribution in [0.25, 0.3) is 0 Å². The van der Waals surface area contributed by atoms with Crippen LogP contribution in [0.5, 0.6) is 5.75 Å². The summed E-state index contributed by atoms with van der Waals surface area (Å²) in [4.78, 5) is 30.2. The van der Waals surface area contributed by atoms with Crippen LogP contribution in [0.2, 0.25) is 0 Å². The Labute approximate surface area is 223 Å². The van der Waals surface area contributed by atoms with Crippen molar-refractivity contribution in [3.8, 4) is 5.75 Å². The molecule has 4 N–H and O–H groups in total. The molecular weight excluding hydrogens is 482 g/mol. The number of amides is 3. The maximum atomic E-state index is 13.3. The molecule has 0 aliphatic carbocycles. The first-order valence-corrected chi connectivity index (χ1v) is 12.8. The van der Waals surface area contributed by atoms with Crippen molar-refractivity contribution in [1.29, 1.82) is 0 Å². The number of morpholine rings is 1. The Morgan fingerprint density at radius 2 is 1.63 bits per heavy atom. The predicted molar refractivity (Wildman–Crippen MR) is 150 cm³/mol. The Kier molecular flexibility index (Phi) is 9.55. The van der Waals surface area contributed by atoms with Crippen LogP contribution in [0.3, 0.4) is 0 Å². The second kappa shape index (κ2) is 13.5. The molecule has 0 radical (unpaired) electrons. The number of ether oxygens (including phenoxy) is 2. The third-order valence-corrected chi connectivity index (χ3v) is 6.44. The van der Waals surface area contributed by atoms with Crippen molar-refractivity contribution in [2.45, 2.75) is 13.0 Å². The van der Waals surface area contributed by atoms with Gasteiger partial charge >= 0.3 is 6.03 Å². The van der Waals surface area contributed by atoms with Gasteiger partial charge in [-0.05, 0) is 48.4 Å². The molecule has 0 aromatic heterocycles. The van der Waals surface area contributed by atoms with Gasteiger partial charge < -0.3 is 30.7 Å². The molecule has 0 bridgehead atoms. The van der Waals surface area contributed by atoms with Gasteiger partial charge in [0.2, 0.25) is 0 Å². The lowest BCUT2D eigenvalue weighted by atomic mass is 10.1. The van der Waals surface area contributed by atoms with Crippen molar-refractivity contribution in [1.82, 2.24) is 9.80 Å². The van der Waals surface area contributed by atoms with Crippen LogP contribution in [0.4, 0.5) is 21.9 Å². The zero-order valence-corrected chi connectivity index (χ0v) is 21.7. The van der Waals surface area contributed by atoms with E-state index in [0.717, 1.165) is 44.8 Å². The smallest absolute Gasteiger partial charge is 0.322 e. The fourth-order valence-electron chi connectivity index (χ4n) is 4.29. The lowest BCUT2D eigenvalue weighted by Gasteiger charge is -2.28. The van der Waals surface area contributed by atoms with Gasteiger partial charge in [0, 0.05) is 38.3 Å². The average Bonchev–Trinajstić information content (AvgIpc) is 2.95. The first kappa shape index (κ1) is 27.0. The molecule has 3 amide bonds. The van der Waals surface area contributed by atoms with E-state index in [1.165, 1.54) is 0 Å². The Hall–Kier alpha value is -4.08.